The Labute approximate surface area is 111 Å². The van der Waals surface area contributed by atoms with Crippen LogP contribution in [0.2, 0.25) is 0 Å². The van der Waals surface area contributed by atoms with Gasteiger partial charge in [-0.3, -0.25) is 4.90 Å². The molecule has 0 aliphatic carbocycles. The molecule has 106 valence electrons. The number of piperidine rings is 1. The van der Waals surface area contributed by atoms with E-state index in [9.17, 15) is 13.2 Å². The number of likely N-dealkylation sites (tertiary alicyclic amines) is 1. The van der Waals surface area contributed by atoms with Crippen LogP contribution in [0.25, 0.3) is 0 Å². The minimum absolute atomic E-state index is 0.367. The van der Waals surface area contributed by atoms with Crippen LogP contribution < -0.4 is 5.32 Å². The second-order valence-electron chi connectivity index (χ2n) is 5.02. The molecule has 1 heterocycles. The summed E-state index contributed by atoms with van der Waals surface area (Å²) in [6, 6.07) is 6.23. The van der Waals surface area contributed by atoms with Crippen LogP contribution in [0.1, 0.15) is 24.0 Å². The first-order valence-corrected chi connectivity index (χ1v) is 6.55. The SMILES string of the molecule is CNC1CCCN(Cc2ccccc2C(F)(F)F)C1. The van der Waals surface area contributed by atoms with E-state index in [1.165, 1.54) is 6.07 Å². The molecule has 2 rings (SSSR count). The zero-order chi connectivity index (χ0) is 13.9. The van der Waals surface area contributed by atoms with E-state index in [4.69, 9.17) is 0 Å². The van der Waals surface area contributed by atoms with Crippen LogP contribution in [0.5, 0.6) is 0 Å². The maximum absolute atomic E-state index is 12.9. The Morgan fingerprint density at radius 1 is 1.32 bits per heavy atom. The van der Waals surface area contributed by atoms with Gasteiger partial charge in [-0.2, -0.15) is 13.2 Å². The van der Waals surface area contributed by atoms with Crippen LogP contribution >= 0.6 is 0 Å². The summed E-state index contributed by atoms with van der Waals surface area (Å²) < 4.78 is 38.7. The van der Waals surface area contributed by atoms with Crippen molar-refractivity contribution in [1.29, 1.82) is 0 Å². The van der Waals surface area contributed by atoms with E-state index in [0.717, 1.165) is 32.0 Å². The quantitative estimate of drug-likeness (QED) is 0.910. The lowest BCUT2D eigenvalue weighted by Crippen LogP contribution is -2.44. The molecule has 1 fully saturated rings. The van der Waals surface area contributed by atoms with Gasteiger partial charge in [-0.15, -0.1) is 0 Å². The molecule has 1 aromatic rings. The Balaban J connectivity index is 2.11. The minimum Gasteiger partial charge on any atom is -0.316 e. The van der Waals surface area contributed by atoms with Crippen molar-refractivity contribution < 1.29 is 13.2 Å². The van der Waals surface area contributed by atoms with Crippen molar-refractivity contribution in [3.05, 3.63) is 35.4 Å². The van der Waals surface area contributed by atoms with Crippen LogP contribution in [0.15, 0.2) is 24.3 Å². The average molecular weight is 272 g/mol. The molecule has 0 amide bonds. The monoisotopic (exact) mass is 272 g/mol. The molecule has 2 nitrogen and oxygen atoms in total. The molecular formula is C14H19F3N2. The van der Waals surface area contributed by atoms with Gasteiger partial charge in [0.25, 0.3) is 0 Å². The number of hydrogen-bond acceptors (Lipinski definition) is 2. The van der Waals surface area contributed by atoms with Crippen molar-refractivity contribution in [2.75, 3.05) is 20.1 Å². The van der Waals surface area contributed by atoms with Gasteiger partial charge in [0, 0.05) is 19.1 Å². The fraction of sp³-hybridized carbons (Fsp3) is 0.571. The lowest BCUT2D eigenvalue weighted by atomic mass is 10.0. The average Bonchev–Trinajstić information content (AvgIpc) is 2.38. The van der Waals surface area contributed by atoms with Crippen molar-refractivity contribution in [2.45, 2.75) is 31.6 Å². The van der Waals surface area contributed by atoms with E-state index >= 15 is 0 Å². The van der Waals surface area contributed by atoms with Crippen LogP contribution in [-0.4, -0.2) is 31.1 Å². The van der Waals surface area contributed by atoms with E-state index in [1.54, 1.807) is 12.1 Å². The smallest absolute Gasteiger partial charge is 0.316 e. The summed E-state index contributed by atoms with van der Waals surface area (Å²) in [4.78, 5) is 2.09. The lowest BCUT2D eigenvalue weighted by molar-refractivity contribution is -0.138. The van der Waals surface area contributed by atoms with Crippen molar-refractivity contribution >= 4 is 0 Å². The zero-order valence-electron chi connectivity index (χ0n) is 11.0. The summed E-state index contributed by atoms with van der Waals surface area (Å²) in [6.45, 7) is 2.04. The normalized spacial score (nSPS) is 21.6. The Bertz CT molecular complexity index is 417. The molecule has 1 aliphatic heterocycles. The van der Waals surface area contributed by atoms with Gasteiger partial charge in [-0.25, -0.2) is 0 Å². The summed E-state index contributed by atoms with van der Waals surface area (Å²) in [5.74, 6) is 0. The number of halogens is 3. The van der Waals surface area contributed by atoms with Gasteiger partial charge in [-0.05, 0) is 38.1 Å². The van der Waals surface area contributed by atoms with Crippen LogP contribution in [-0.2, 0) is 12.7 Å². The summed E-state index contributed by atoms with van der Waals surface area (Å²) in [5, 5.41) is 3.20. The van der Waals surface area contributed by atoms with Gasteiger partial charge in [0.2, 0.25) is 0 Å². The highest BCUT2D eigenvalue weighted by molar-refractivity contribution is 5.29. The highest BCUT2D eigenvalue weighted by Gasteiger charge is 2.33. The van der Waals surface area contributed by atoms with Gasteiger partial charge < -0.3 is 5.32 Å². The summed E-state index contributed by atoms with van der Waals surface area (Å²) in [5.41, 5.74) is -0.145. The lowest BCUT2D eigenvalue weighted by Gasteiger charge is -2.33. The predicted molar refractivity (Wildman–Crippen MR) is 68.8 cm³/mol. The fourth-order valence-corrected chi connectivity index (χ4v) is 2.61. The highest BCUT2D eigenvalue weighted by atomic mass is 19.4. The van der Waals surface area contributed by atoms with Gasteiger partial charge in [0.05, 0.1) is 5.56 Å². The van der Waals surface area contributed by atoms with Gasteiger partial charge >= 0.3 is 6.18 Å². The first kappa shape index (κ1) is 14.3. The molecule has 19 heavy (non-hydrogen) atoms. The molecule has 5 heteroatoms. The van der Waals surface area contributed by atoms with E-state index in [0.29, 0.717) is 18.2 Å². The maximum atomic E-state index is 12.9. The Hall–Kier alpha value is -1.07. The molecule has 0 aromatic heterocycles. The standard InChI is InChI=1S/C14H19F3N2/c1-18-12-6-4-8-19(10-12)9-11-5-2-3-7-13(11)14(15,16)17/h2-3,5,7,12,18H,4,6,8-10H2,1H3. The zero-order valence-corrected chi connectivity index (χ0v) is 11.0. The number of benzene rings is 1. The molecule has 0 radical (unpaired) electrons. The number of alkyl halides is 3. The van der Waals surface area contributed by atoms with E-state index in [1.807, 2.05) is 7.05 Å². The molecule has 1 aromatic carbocycles. The third-order valence-electron chi connectivity index (χ3n) is 3.63. The Morgan fingerprint density at radius 3 is 2.74 bits per heavy atom. The first-order chi connectivity index (χ1) is 9.00. The summed E-state index contributed by atoms with van der Waals surface area (Å²) in [6.07, 6.45) is -2.15. The first-order valence-electron chi connectivity index (χ1n) is 6.55. The molecule has 1 aliphatic rings. The predicted octanol–water partition coefficient (Wildman–Crippen LogP) is 2.89. The molecule has 1 atom stereocenters. The minimum atomic E-state index is -4.27. The van der Waals surface area contributed by atoms with Crippen LogP contribution in [0, 0.1) is 0 Å². The van der Waals surface area contributed by atoms with E-state index in [2.05, 4.69) is 10.2 Å². The van der Waals surface area contributed by atoms with E-state index < -0.39 is 11.7 Å². The van der Waals surface area contributed by atoms with Crippen LogP contribution in [0.4, 0.5) is 13.2 Å². The van der Waals surface area contributed by atoms with Crippen LogP contribution in [0.3, 0.4) is 0 Å². The molecule has 1 unspecified atom stereocenters. The number of hydrogen-bond donors (Lipinski definition) is 1. The van der Waals surface area contributed by atoms with Gasteiger partial charge in [0.15, 0.2) is 0 Å². The van der Waals surface area contributed by atoms with Crippen molar-refractivity contribution in [3.8, 4) is 0 Å². The third kappa shape index (κ3) is 3.70. The highest BCUT2D eigenvalue weighted by Crippen LogP contribution is 2.32. The topological polar surface area (TPSA) is 15.3 Å². The molecule has 1 N–H and O–H groups in total. The summed E-state index contributed by atoms with van der Waals surface area (Å²) >= 11 is 0. The van der Waals surface area contributed by atoms with Crippen molar-refractivity contribution in [2.24, 2.45) is 0 Å². The number of nitrogens with zero attached hydrogens (tertiary/aromatic N) is 1. The number of likely N-dealkylation sites (N-methyl/N-ethyl adjacent to an activating group) is 1. The van der Waals surface area contributed by atoms with Crippen molar-refractivity contribution in [3.63, 3.8) is 0 Å². The molecule has 0 bridgehead atoms. The second kappa shape index (κ2) is 5.92. The third-order valence-corrected chi connectivity index (χ3v) is 3.63. The van der Waals surface area contributed by atoms with E-state index in [-0.39, 0.29) is 0 Å². The molecule has 1 saturated heterocycles. The van der Waals surface area contributed by atoms with Gasteiger partial charge in [-0.1, -0.05) is 18.2 Å². The largest absolute Gasteiger partial charge is 0.416 e. The Morgan fingerprint density at radius 2 is 2.05 bits per heavy atom. The molecular weight excluding hydrogens is 253 g/mol. The van der Waals surface area contributed by atoms with Crippen molar-refractivity contribution in [1.82, 2.24) is 10.2 Å². The molecule has 0 saturated carbocycles. The second-order valence-corrected chi connectivity index (χ2v) is 5.02. The number of rotatable bonds is 3. The maximum Gasteiger partial charge on any atom is 0.416 e. The fourth-order valence-electron chi connectivity index (χ4n) is 2.61. The Kier molecular flexibility index (Phi) is 4.47. The number of nitrogens with one attached hydrogen (secondary N) is 1. The molecule has 0 spiro atoms. The van der Waals surface area contributed by atoms with Gasteiger partial charge in [0.1, 0.15) is 0 Å². The summed E-state index contributed by atoms with van der Waals surface area (Å²) in [7, 11) is 1.90.